The zero-order valence-corrected chi connectivity index (χ0v) is 13.0. The molecule has 1 unspecified atom stereocenters. The molecule has 6 heteroatoms. The second-order valence-electron chi connectivity index (χ2n) is 5.73. The Morgan fingerprint density at radius 3 is 2.96 bits per heavy atom. The highest BCUT2D eigenvalue weighted by Crippen LogP contribution is 2.28. The van der Waals surface area contributed by atoms with E-state index >= 15 is 0 Å². The van der Waals surface area contributed by atoms with Crippen LogP contribution in [-0.2, 0) is 4.74 Å². The maximum atomic E-state index is 5.67. The van der Waals surface area contributed by atoms with Crippen LogP contribution in [-0.4, -0.2) is 34.4 Å². The lowest BCUT2D eigenvalue weighted by atomic mass is 10.1. The maximum absolute atomic E-state index is 5.67. The number of aromatic nitrogens is 3. The Morgan fingerprint density at radius 1 is 1.26 bits per heavy atom. The van der Waals surface area contributed by atoms with Gasteiger partial charge in [-0.15, -0.1) is 0 Å². The highest BCUT2D eigenvalue weighted by Gasteiger charge is 2.18. The van der Waals surface area contributed by atoms with Gasteiger partial charge in [0.25, 0.3) is 0 Å². The summed E-state index contributed by atoms with van der Waals surface area (Å²) in [7, 11) is 0. The Kier molecular flexibility index (Phi) is 3.67. The third kappa shape index (κ3) is 2.90. The second-order valence-corrected chi connectivity index (χ2v) is 5.73. The van der Waals surface area contributed by atoms with Gasteiger partial charge in [0.1, 0.15) is 5.82 Å². The van der Waals surface area contributed by atoms with Crippen molar-refractivity contribution in [2.24, 2.45) is 0 Å². The molecular weight excluding hydrogens is 292 g/mol. The molecule has 1 N–H and O–H groups in total. The molecule has 3 aromatic rings. The van der Waals surface area contributed by atoms with Gasteiger partial charge >= 0.3 is 0 Å². The van der Waals surface area contributed by atoms with Gasteiger partial charge in [-0.2, -0.15) is 4.98 Å². The van der Waals surface area contributed by atoms with Crippen LogP contribution in [0.3, 0.4) is 0 Å². The molecule has 4 rings (SSSR count). The molecule has 1 aliphatic heterocycles. The SMILES string of the molecule is Cc1nc(-c2cc3ccccc3nc2NCC2CCCO2)no1. The van der Waals surface area contributed by atoms with E-state index in [-0.39, 0.29) is 6.10 Å². The van der Waals surface area contributed by atoms with Crippen LogP contribution in [0.5, 0.6) is 0 Å². The van der Waals surface area contributed by atoms with Crippen LogP contribution >= 0.6 is 0 Å². The second kappa shape index (κ2) is 5.96. The average molecular weight is 310 g/mol. The molecule has 1 aliphatic rings. The number of hydrogen-bond donors (Lipinski definition) is 1. The van der Waals surface area contributed by atoms with Gasteiger partial charge in [-0.1, -0.05) is 23.4 Å². The number of ether oxygens (including phenoxy) is 1. The van der Waals surface area contributed by atoms with Crippen LogP contribution in [0.4, 0.5) is 5.82 Å². The minimum Gasteiger partial charge on any atom is -0.376 e. The molecule has 2 aromatic heterocycles. The summed E-state index contributed by atoms with van der Waals surface area (Å²) in [5.41, 5.74) is 1.78. The van der Waals surface area contributed by atoms with Crippen LogP contribution in [0.2, 0.25) is 0 Å². The fourth-order valence-corrected chi connectivity index (χ4v) is 2.85. The van der Waals surface area contributed by atoms with E-state index in [0.717, 1.165) is 48.3 Å². The van der Waals surface area contributed by atoms with E-state index in [9.17, 15) is 0 Å². The quantitative estimate of drug-likeness (QED) is 0.798. The molecular formula is C17H18N4O2. The first-order valence-corrected chi connectivity index (χ1v) is 7.85. The lowest BCUT2D eigenvalue weighted by Gasteiger charge is -2.14. The summed E-state index contributed by atoms with van der Waals surface area (Å²) < 4.78 is 10.8. The van der Waals surface area contributed by atoms with E-state index in [1.807, 2.05) is 30.3 Å². The Morgan fingerprint density at radius 2 is 2.17 bits per heavy atom. The Hall–Kier alpha value is -2.47. The van der Waals surface area contributed by atoms with Crippen LogP contribution in [0.25, 0.3) is 22.3 Å². The van der Waals surface area contributed by atoms with Crippen LogP contribution in [0, 0.1) is 6.92 Å². The van der Waals surface area contributed by atoms with Gasteiger partial charge in [-0.05, 0) is 25.0 Å². The smallest absolute Gasteiger partial charge is 0.223 e. The fraction of sp³-hybridized carbons (Fsp3) is 0.353. The normalized spacial score (nSPS) is 17.7. The van der Waals surface area contributed by atoms with E-state index in [4.69, 9.17) is 14.2 Å². The molecule has 1 aromatic carbocycles. The molecule has 1 atom stereocenters. The Balaban J connectivity index is 1.72. The first-order valence-electron chi connectivity index (χ1n) is 7.85. The van der Waals surface area contributed by atoms with E-state index in [2.05, 4.69) is 15.5 Å². The summed E-state index contributed by atoms with van der Waals surface area (Å²) in [4.78, 5) is 9.07. The predicted molar refractivity (Wildman–Crippen MR) is 87.2 cm³/mol. The minimum atomic E-state index is 0.239. The van der Waals surface area contributed by atoms with Crippen LogP contribution in [0.15, 0.2) is 34.9 Å². The average Bonchev–Trinajstić information content (AvgIpc) is 3.23. The maximum Gasteiger partial charge on any atom is 0.223 e. The van der Waals surface area contributed by atoms with Crippen molar-refractivity contribution < 1.29 is 9.26 Å². The first-order chi connectivity index (χ1) is 11.3. The van der Waals surface area contributed by atoms with Gasteiger partial charge in [0, 0.05) is 25.5 Å². The summed E-state index contributed by atoms with van der Waals surface area (Å²) in [6.45, 7) is 3.36. The number of fused-ring (bicyclic) bond motifs is 1. The van der Waals surface area contributed by atoms with E-state index in [0.29, 0.717) is 11.7 Å². The number of nitrogens with one attached hydrogen (secondary N) is 1. The van der Waals surface area contributed by atoms with Gasteiger partial charge in [0.2, 0.25) is 11.7 Å². The van der Waals surface area contributed by atoms with E-state index < -0.39 is 0 Å². The van der Waals surface area contributed by atoms with E-state index in [1.165, 1.54) is 0 Å². The zero-order valence-electron chi connectivity index (χ0n) is 13.0. The van der Waals surface area contributed by atoms with Gasteiger partial charge < -0.3 is 14.6 Å². The lowest BCUT2D eigenvalue weighted by Crippen LogP contribution is -2.19. The number of nitrogens with zero attached hydrogens (tertiary/aromatic N) is 3. The van der Waals surface area contributed by atoms with Gasteiger partial charge in [-0.3, -0.25) is 0 Å². The first kappa shape index (κ1) is 14.1. The highest BCUT2D eigenvalue weighted by atomic mass is 16.5. The number of aryl methyl sites for hydroxylation is 1. The summed E-state index contributed by atoms with van der Waals surface area (Å²) in [5, 5.41) is 8.48. The standard InChI is InChI=1S/C17H18N4O2/c1-11-19-17(21-23-11)14-9-12-5-2-3-7-15(12)20-16(14)18-10-13-6-4-8-22-13/h2-3,5,7,9,13H,4,6,8,10H2,1H3,(H,18,20). The van der Waals surface area contributed by atoms with Crippen molar-refractivity contribution >= 4 is 16.7 Å². The van der Waals surface area contributed by atoms with Crippen molar-refractivity contribution in [3.63, 3.8) is 0 Å². The lowest BCUT2D eigenvalue weighted by molar-refractivity contribution is 0.120. The van der Waals surface area contributed by atoms with Crippen LogP contribution in [0.1, 0.15) is 18.7 Å². The molecule has 118 valence electrons. The molecule has 6 nitrogen and oxygen atoms in total. The minimum absolute atomic E-state index is 0.239. The molecule has 0 spiro atoms. The Labute approximate surface area is 133 Å². The van der Waals surface area contributed by atoms with Crippen molar-refractivity contribution in [1.82, 2.24) is 15.1 Å². The summed E-state index contributed by atoms with van der Waals surface area (Å²) >= 11 is 0. The zero-order chi connectivity index (χ0) is 15.6. The van der Waals surface area contributed by atoms with E-state index in [1.54, 1.807) is 6.92 Å². The van der Waals surface area contributed by atoms with Crippen molar-refractivity contribution in [1.29, 1.82) is 0 Å². The number of para-hydroxylation sites is 1. The number of rotatable bonds is 4. The summed E-state index contributed by atoms with van der Waals surface area (Å²) in [6, 6.07) is 10.1. The molecule has 1 saturated heterocycles. The number of pyridine rings is 1. The molecule has 0 aliphatic carbocycles. The molecule has 1 fully saturated rings. The molecule has 0 bridgehead atoms. The van der Waals surface area contributed by atoms with Crippen molar-refractivity contribution in [2.75, 3.05) is 18.5 Å². The largest absolute Gasteiger partial charge is 0.376 e. The molecule has 0 saturated carbocycles. The molecule has 3 heterocycles. The topological polar surface area (TPSA) is 73.1 Å². The van der Waals surface area contributed by atoms with Crippen molar-refractivity contribution in [3.8, 4) is 11.4 Å². The number of anilines is 1. The van der Waals surface area contributed by atoms with Gasteiger partial charge in [0.05, 0.1) is 17.2 Å². The van der Waals surface area contributed by atoms with Crippen LogP contribution < -0.4 is 5.32 Å². The third-order valence-electron chi connectivity index (χ3n) is 4.01. The fourth-order valence-electron chi connectivity index (χ4n) is 2.85. The summed E-state index contributed by atoms with van der Waals surface area (Å²) in [6.07, 6.45) is 2.44. The van der Waals surface area contributed by atoms with Gasteiger partial charge in [-0.25, -0.2) is 4.98 Å². The predicted octanol–water partition coefficient (Wildman–Crippen LogP) is 3.18. The van der Waals surface area contributed by atoms with Crippen molar-refractivity contribution in [3.05, 3.63) is 36.2 Å². The number of benzene rings is 1. The highest BCUT2D eigenvalue weighted by molar-refractivity contribution is 5.87. The van der Waals surface area contributed by atoms with Gasteiger partial charge in [0.15, 0.2) is 0 Å². The number of hydrogen-bond acceptors (Lipinski definition) is 6. The molecule has 0 radical (unpaired) electrons. The molecule has 0 amide bonds. The third-order valence-corrected chi connectivity index (χ3v) is 4.01. The Bertz CT molecular complexity index is 824. The van der Waals surface area contributed by atoms with Crippen molar-refractivity contribution in [2.45, 2.75) is 25.9 Å². The summed E-state index contributed by atoms with van der Waals surface area (Å²) in [5.74, 6) is 1.86. The monoisotopic (exact) mass is 310 g/mol. The molecule has 23 heavy (non-hydrogen) atoms.